The van der Waals surface area contributed by atoms with E-state index in [2.05, 4.69) is 4.99 Å². The molecule has 0 saturated heterocycles. The average molecular weight is 329 g/mol. The first-order valence-corrected chi connectivity index (χ1v) is 7.18. The van der Waals surface area contributed by atoms with E-state index in [9.17, 15) is 10.1 Å². The Kier molecular flexibility index (Phi) is 5.36. The van der Waals surface area contributed by atoms with E-state index >= 15 is 0 Å². The molecule has 126 valence electrons. The molecule has 2 rings (SSSR count). The second kappa shape index (κ2) is 7.45. The summed E-state index contributed by atoms with van der Waals surface area (Å²) in [5, 5.41) is 11.2. The lowest BCUT2D eigenvalue weighted by molar-refractivity contribution is -0.384. The van der Waals surface area contributed by atoms with Crippen LogP contribution in [0, 0.1) is 10.1 Å². The fourth-order valence-electron chi connectivity index (χ4n) is 2.18. The maximum Gasteiger partial charge on any atom is 0.293 e. The zero-order valence-electron chi connectivity index (χ0n) is 14.0. The van der Waals surface area contributed by atoms with Gasteiger partial charge in [0.2, 0.25) is 0 Å². The van der Waals surface area contributed by atoms with Crippen molar-refractivity contribution in [3.05, 3.63) is 52.1 Å². The number of anilines is 1. The van der Waals surface area contributed by atoms with Crippen molar-refractivity contribution in [1.29, 1.82) is 0 Å². The number of aliphatic imine (C=N–C) groups is 1. The van der Waals surface area contributed by atoms with Crippen LogP contribution in [0.5, 0.6) is 11.5 Å². The molecule has 0 spiro atoms. The van der Waals surface area contributed by atoms with Gasteiger partial charge in [-0.15, -0.1) is 0 Å². The fourth-order valence-corrected chi connectivity index (χ4v) is 2.18. The van der Waals surface area contributed by atoms with Gasteiger partial charge >= 0.3 is 0 Å². The van der Waals surface area contributed by atoms with Crippen molar-refractivity contribution < 1.29 is 14.4 Å². The molecule has 0 aliphatic heterocycles. The van der Waals surface area contributed by atoms with Crippen molar-refractivity contribution in [2.45, 2.75) is 0 Å². The highest BCUT2D eigenvalue weighted by Crippen LogP contribution is 2.32. The largest absolute Gasteiger partial charge is 0.497 e. The normalized spacial score (nSPS) is 10.7. The van der Waals surface area contributed by atoms with Crippen LogP contribution in [0.25, 0.3) is 0 Å². The third-order valence-electron chi connectivity index (χ3n) is 3.42. The molecule has 7 heteroatoms. The molecule has 0 aliphatic rings. The summed E-state index contributed by atoms with van der Waals surface area (Å²) in [5.74, 6) is 1.22. The van der Waals surface area contributed by atoms with E-state index in [0.717, 1.165) is 0 Å². The first kappa shape index (κ1) is 17.3. The quantitative estimate of drug-likeness (QED) is 0.461. The summed E-state index contributed by atoms with van der Waals surface area (Å²) in [4.78, 5) is 16.9. The third kappa shape index (κ3) is 3.81. The molecular weight excluding hydrogens is 310 g/mol. The highest BCUT2D eigenvalue weighted by Gasteiger charge is 2.15. The fraction of sp³-hybridized carbons (Fsp3) is 0.235. The van der Waals surface area contributed by atoms with Gasteiger partial charge in [-0.3, -0.25) is 15.1 Å². The molecule has 0 aliphatic carbocycles. The van der Waals surface area contributed by atoms with Gasteiger partial charge in [0.1, 0.15) is 22.9 Å². The van der Waals surface area contributed by atoms with E-state index in [1.807, 2.05) is 0 Å². The van der Waals surface area contributed by atoms with Crippen LogP contribution in [0.4, 0.5) is 17.1 Å². The van der Waals surface area contributed by atoms with Crippen LogP contribution in [0.2, 0.25) is 0 Å². The van der Waals surface area contributed by atoms with Crippen LogP contribution in [-0.2, 0) is 0 Å². The lowest BCUT2D eigenvalue weighted by Gasteiger charge is -2.12. The Morgan fingerprint density at radius 2 is 1.88 bits per heavy atom. The minimum Gasteiger partial charge on any atom is -0.497 e. The van der Waals surface area contributed by atoms with Crippen molar-refractivity contribution in [3.8, 4) is 11.5 Å². The van der Waals surface area contributed by atoms with Gasteiger partial charge in [-0.1, -0.05) is 6.07 Å². The third-order valence-corrected chi connectivity index (χ3v) is 3.42. The van der Waals surface area contributed by atoms with Crippen LogP contribution in [-0.4, -0.2) is 39.5 Å². The molecule has 7 nitrogen and oxygen atoms in total. The van der Waals surface area contributed by atoms with Crippen molar-refractivity contribution in [2.24, 2.45) is 4.99 Å². The smallest absolute Gasteiger partial charge is 0.293 e. The number of nitrogens with zero attached hydrogens (tertiary/aromatic N) is 3. The number of ether oxygens (including phenoxy) is 2. The van der Waals surface area contributed by atoms with Crippen LogP contribution in [0.1, 0.15) is 5.56 Å². The SMILES string of the molecule is COc1ccc(N=Cc2ccc(N(C)C)c([N+](=O)[O-])c2)c(OC)c1. The molecule has 24 heavy (non-hydrogen) atoms. The highest BCUT2D eigenvalue weighted by molar-refractivity contribution is 5.85. The Morgan fingerprint density at radius 1 is 1.12 bits per heavy atom. The first-order chi connectivity index (χ1) is 11.5. The highest BCUT2D eigenvalue weighted by atomic mass is 16.6. The number of benzene rings is 2. The van der Waals surface area contributed by atoms with Crippen molar-refractivity contribution in [3.63, 3.8) is 0 Å². The van der Waals surface area contributed by atoms with E-state index in [1.54, 1.807) is 69.8 Å². The van der Waals surface area contributed by atoms with Gasteiger partial charge in [-0.2, -0.15) is 0 Å². The lowest BCUT2D eigenvalue weighted by atomic mass is 10.1. The second-order valence-electron chi connectivity index (χ2n) is 5.20. The molecule has 0 N–H and O–H groups in total. The Balaban J connectivity index is 2.36. The van der Waals surface area contributed by atoms with Crippen LogP contribution in [0.3, 0.4) is 0 Å². The Bertz CT molecular complexity index is 772. The van der Waals surface area contributed by atoms with Gasteiger partial charge in [0, 0.05) is 32.4 Å². The molecule has 0 radical (unpaired) electrons. The Hall–Kier alpha value is -3.09. The average Bonchev–Trinajstić information content (AvgIpc) is 2.59. The monoisotopic (exact) mass is 329 g/mol. The zero-order valence-corrected chi connectivity index (χ0v) is 14.0. The standard InChI is InChI=1S/C17H19N3O4/c1-19(2)15-8-5-12(9-16(15)20(21)22)11-18-14-7-6-13(23-3)10-17(14)24-4/h5-11H,1-4H3. The molecule has 0 unspecified atom stereocenters. The summed E-state index contributed by atoms with van der Waals surface area (Å²) in [6.07, 6.45) is 1.57. The second-order valence-corrected chi connectivity index (χ2v) is 5.20. The topological polar surface area (TPSA) is 77.2 Å². The molecule has 0 bridgehead atoms. The molecule has 0 amide bonds. The van der Waals surface area contributed by atoms with E-state index in [-0.39, 0.29) is 5.69 Å². The van der Waals surface area contributed by atoms with Gasteiger partial charge < -0.3 is 14.4 Å². The molecule has 0 atom stereocenters. The number of nitro groups is 1. The molecule has 0 saturated carbocycles. The molecule has 0 heterocycles. The van der Waals surface area contributed by atoms with Gasteiger partial charge in [-0.05, 0) is 23.8 Å². The number of nitro benzene ring substituents is 1. The summed E-state index contributed by atoms with van der Waals surface area (Å²) in [7, 11) is 6.64. The predicted molar refractivity (Wildman–Crippen MR) is 94.2 cm³/mol. The molecule has 2 aromatic carbocycles. The van der Waals surface area contributed by atoms with Gasteiger partial charge in [0.15, 0.2) is 0 Å². The van der Waals surface area contributed by atoms with Gasteiger partial charge in [-0.25, -0.2) is 0 Å². The minimum absolute atomic E-state index is 0.0330. The zero-order chi connectivity index (χ0) is 17.7. The van der Waals surface area contributed by atoms with Gasteiger partial charge in [0.05, 0.1) is 19.1 Å². The van der Waals surface area contributed by atoms with Gasteiger partial charge in [0.25, 0.3) is 5.69 Å². The molecule has 2 aromatic rings. The summed E-state index contributed by atoms with van der Waals surface area (Å²) >= 11 is 0. The number of methoxy groups -OCH3 is 2. The number of rotatable bonds is 6. The molecule has 0 aromatic heterocycles. The van der Waals surface area contributed by atoms with E-state index in [0.29, 0.717) is 28.4 Å². The summed E-state index contributed by atoms with van der Waals surface area (Å²) in [6, 6.07) is 10.2. The molecule has 0 fully saturated rings. The lowest BCUT2D eigenvalue weighted by Crippen LogP contribution is -2.11. The van der Waals surface area contributed by atoms with E-state index < -0.39 is 4.92 Å². The maximum absolute atomic E-state index is 11.2. The number of hydrogen-bond acceptors (Lipinski definition) is 6. The summed E-state index contributed by atoms with van der Waals surface area (Å²) < 4.78 is 10.4. The first-order valence-electron chi connectivity index (χ1n) is 7.18. The van der Waals surface area contributed by atoms with Crippen molar-refractivity contribution in [2.75, 3.05) is 33.2 Å². The van der Waals surface area contributed by atoms with E-state index in [1.165, 1.54) is 6.07 Å². The van der Waals surface area contributed by atoms with Crippen molar-refractivity contribution >= 4 is 23.3 Å². The Morgan fingerprint density at radius 3 is 2.46 bits per heavy atom. The Labute approximate surface area is 140 Å². The van der Waals surface area contributed by atoms with Crippen LogP contribution in [0.15, 0.2) is 41.4 Å². The summed E-state index contributed by atoms with van der Waals surface area (Å²) in [6.45, 7) is 0. The maximum atomic E-state index is 11.2. The van der Waals surface area contributed by atoms with Crippen molar-refractivity contribution in [1.82, 2.24) is 0 Å². The number of hydrogen-bond donors (Lipinski definition) is 0. The minimum atomic E-state index is -0.402. The molecular formula is C17H19N3O4. The van der Waals surface area contributed by atoms with Crippen LogP contribution < -0.4 is 14.4 Å². The summed E-state index contributed by atoms with van der Waals surface area (Å²) in [5.41, 5.74) is 1.81. The van der Waals surface area contributed by atoms with Crippen LogP contribution >= 0.6 is 0 Å². The predicted octanol–water partition coefficient (Wildman–Crippen LogP) is 3.43. The van der Waals surface area contributed by atoms with E-state index in [4.69, 9.17) is 9.47 Å².